The number of nitrogens with one attached hydrogen (secondary N) is 2. The number of nitrogens with two attached hydrogens (primary N) is 2. The zero-order valence-electron chi connectivity index (χ0n) is 18.9. The zero-order valence-corrected chi connectivity index (χ0v) is 20.5. The van der Waals surface area contributed by atoms with E-state index in [0.29, 0.717) is 24.3 Å². The molecule has 5 nitrogen and oxygen atoms in total. The Labute approximate surface area is 215 Å². The number of amides is 1. The molecule has 6 N–H and O–H groups in total. The molecule has 0 aliphatic rings. The fourth-order valence-electron chi connectivity index (χ4n) is 3.90. The van der Waals surface area contributed by atoms with E-state index in [-0.39, 0.29) is 48.4 Å². The van der Waals surface area contributed by atoms with Gasteiger partial charge in [0.2, 0.25) is 0 Å². The molecule has 4 rings (SSSR count). The summed E-state index contributed by atoms with van der Waals surface area (Å²) >= 11 is 0. The predicted octanol–water partition coefficient (Wildman–Crippen LogP) is 5.42. The Morgan fingerprint density at radius 1 is 0.886 bits per heavy atom. The van der Waals surface area contributed by atoms with Crippen LogP contribution in [0, 0.1) is 11.6 Å². The number of benzene rings is 3. The maximum Gasteiger partial charge on any atom is 0.268 e. The Kier molecular flexibility index (Phi) is 10.2. The molecule has 0 fully saturated rings. The molecule has 1 aromatic heterocycles. The third-order valence-corrected chi connectivity index (χ3v) is 5.64. The molecule has 3 aromatic carbocycles. The van der Waals surface area contributed by atoms with Crippen LogP contribution in [0.3, 0.4) is 0 Å². The van der Waals surface area contributed by atoms with Gasteiger partial charge in [0.1, 0.15) is 17.3 Å². The highest BCUT2D eigenvalue weighted by molar-refractivity contribution is 6.10. The zero-order chi connectivity index (χ0) is 23.4. The Hall–Kier alpha value is -2.97. The fraction of sp³-hybridized carbons (Fsp3) is 0.192. The molecular formula is C26H28Cl2F2N4O. The van der Waals surface area contributed by atoms with Crippen molar-refractivity contribution in [2.24, 2.45) is 11.5 Å². The molecule has 1 heterocycles. The van der Waals surface area contributed by atoms with E-state index < -0.39 is 0 Å². The number of aromatic amines is 1. The molecule has 0 bridgehead atoms. The van der Waals surface area contributed by atoms with Crippen molar-refractivity contribution in [3.05, 3.63) is 84.1 Å². The summed E-state index contributed by atoms with van der Waals surface area (Å²) in [6.07, 6.45) is 1.51. The number of aromatic nitrogens is 1. The van der Waals surface area contributed by atoms with Gasteiger partial charge in [0.25, 0.3) is 5.91 Å². The summed E-state index contributed by atoms with van der Waals surface area (Å²) in [4.78, 5) is 16.3. The van der Waals surface area contributed by atoms with E-state index in [0.717, 1.165) is 40.4 Å². The van der Waals surface area contributed by atoms with Gasteiger partial charge in [-0.15, -0.1) is 24.8 Å². The summed E-state index contributed by atoms with van der Waals surface area (Å²) in [6, 6.07) is 17.8. The van der Waals surface area contributed by atoms with Crippen molar-refractivity contribution < 1.29 is 13.6 Å². The molecule has 4 aromatic rings. The molecule has 0 spiro atoms. The first-order chi connectivity index (χ1) is 16.0. The van der Waals surface area contributed by atoms with Crippen LogP contribution in [0.5, 0.6) is 0 Å². The van der Waals surface area contributed by atoms with Crippen LogP contribution in [-0.2, 0) is 0 Å². The van der Waals surface area contributed by atoms with Crippen LogP contribution in [0.1, 0.15) is 23.3 Å². The van der Waals surface area contributed by atoms with Crippen LogP contribution in [0.25, 0.3) is 33.2 Å². The normalized spacial score (nSPS) is 11.4. The molecule has 186 valence electrons. The number of halogens is 4. The SMILES string of the molecule is Cl.Cl.NCCCC(N)CNC(=O)c1[nH]c2cc(-c3ccc(F)cc3)ccc2c1-c1ccc(F)cc1. The van der Waals surface area contributed by atoms with Crippen LogP contribution in [0.4, 0.5) is 8.78 Å². The van der Waals surface area contributed by atoms with Crippen molar-refractivity contribution in [3.8, 4) is 22.3 Å². The predicted molar refractivity (Wildman–Crippen MR) is 142 cm³/mol. The van der Waals surface area contributed by atoms with Gasteiger partial charge in [-0.1, -0.05) is 36.4 Å². The van der Waals surface area contributed by atoms with E-state index in [1.54, 1.807) is 24.3 Å². The first-order valence-corrected chi connectivity index (χ1v) is 10.9. The van der Waals surface area contributed by atoms with Gasteiger partial charge in [0.15, 0.2) is 0 Å². The number of hydrogen-bond donors (Lipinski definition) is 4. The maximum atomic E-state index is 13.5. The Balaban J connectivity index is 0.00000216. The molecule has 0 saturated heterocycles. The number of H-pyrrole nitrogens is 1. The third-order valence-electron chi connectivity index (χ3n) is 5.64. The van der Waals surface area contributed by atoms with Crippen molar-refractivity contribution in [1.29, 1.82) is 0 Å². The summed E-state index contributed by atoms with van der Waals surface area (Å²) in [5.74, 6) is -0.951. The van der Waals surface area contributed by atoms with Gasteiger partial charge < -0.3 is 21.8 Å². The second kappa shape index (κ2) is 12.7. The van der Waals surface area contributed by atoms with Crippen LogP contribution in [-0.4, -0.2) is 30.0 Å². The maximum absolute atomic E-state index is 13.5. The Morgan fingerprint density at radius 3 is 2.06 bits per heavy atom. The minimum Gasteiger partial charge on any atom is -0.350 e. The van der Waals surface area contributed by atoms with Crippen molar-refractivity contribution >= 4 is 41.6 Å². The lowest BCUT2D eigenvalue weighted by molar-refractivity contribution is 0.0947. The summed E-state index contributed by atoms with van der Waals surface area (Å²) < 4.78 is 26.9. The summed E-state index contributed by atoms with van der Waals surface area (Å²) in [7, 11) is 0. The molecule has 1 atom stereocenters. The second-order valence-electron chi connectivity index (χ2n) is 8.05. The highest BCUT2D eigenvalue weighted by Gasteiger charge is 2.20. The van der Waals surface area contributed by atoms with Crippen molar-refractivity contribution in [2.75, 3.05) is 13.1 Å². The number of rotatable bonds is 8. The molecule has 0 aliphatic carbocycles. The largest absolute Gasteiger partial charge is 0.350 e. The quantitative estimate of drug-likeness (QED) is 0.249. The van der Waals surface area contributed by atoms with E-state index in [1.165, 1.54) is 24.3 Å². The highest BCUT2D eigenvalue weighted by Crippen LogP contribution is 2.35. The van der Waals surface area contributed by atoms with Gasteiger partial charge in [-0.3, -0.25) is 4.79 Å². The molecule has 0 aliphatic heterocycles. The number of fused-ring (bicyclic) bond motifs is 1. The second-order valence-corrected chi connectivity index (χ2v) is 8.05. The van der Waals surface area contributed by atoms with E-state index in [9.17, 15) is 13.6 Å². The van der Waals surface area contributed by atoms with Gasteiger partial charge in [0, 0.05) is 29.1 Å². The van der Waals surface area contributed by atoms with E-state index in [2.05, 4.69) is 10.3 Å². The molecule has 35 heavy (non-hydrogen) atoms. The van der Waals surface area contributed by atoms with Crippen LogP contribution in [0.2, 0.25) is 0 Å². The van der Waals surface area contributed by atoms with E-state index >= 15 is 0 Å². The first-order valence-electron chi connectivity index (χ1n) is 10.9. The minimum absolute atomic E-state index is 0. The van der Waals surface area contributed by atoms with E-state index in [4.69, 9.17) is 11.5 Å². The molecule has 1 unspecified atom stereocenters. The Bertz CT molecular complexity index is 1260. The van der Waals surface area contributed by atoms with Crippen molar-refractivity contribution in [2.45, 2.75) is 18.9 Å². The standard InChI is InChI=1S/C26H26F2N4O.2ClH/c27-19-8-3-16(4-9-19)18-7-12-22-23(14-18)32-25(24(22)17-5-10-20(28)11-6-17)26(33)31-15-21(30)2-1-13-29;;/h3-12,14,21,32H,1-2,13,15,29-30H2,(H,31,33);2*1H. The van der Waals surface area contributed by atoms with E-state index in [1.807, 2.05) is 18.2 Å². The fourth-order valence-corrected chi connectivity index (χ4v) is 3.90. The van der Waals surface area contributed by atoms with Gasteiger partial charge in [0.05, 0.1) is 0 Å². The summed E-state index contributed by atoms with van der Waals surface area (Å²) in [5.41, 5.74) is 15.9. The van der Waals surface area contributed by atoms with Gasteiger partial charge >= 0.3 is 0 Å². The van der Waals surface area contributed by atoms with Gasteiger partial charge in [-0.2, -0.15) is 0 Å². The third kappa shape index (κ3) is 6.58. The lowest BCUT2D eigenvalue weighted by Gasteiger charge is -2.12. The molecular weight excluding hydrogens is 493 g/mol. The van der Waals surface area contributed by atoms with Crippen molar-refractivity contribution in [3.63, 3.8) is 0 Å². The summed E-state index contributed by atoms with van der Waals surface area (Å²) in [6.45, 7) is 0.868. The van der Waals surface area contributed by atoms with Crippen molar-refractivity contribution in [1.82, 2.24) is 10.3 Å². The molecule has 1 amide bonds. The number of carbonyl (C=O) groups is 1. The molecule has 9 heteroatoms. The molecule has 0 saturated carbocycles. The van der Waals surface area contributed by atoms with Gasteiger partial charge in [-0.25, -0.2) is 8.78 Å². The first kappa shape index (κ1) is 28.3. The lowest BCUT2D eigenvalue weighted by atomic mass is 9.99. The smallest absolute Gasteiger partial charge is 0.268 e. The lowest BCUT2D eigenvalue weighted by Crippen LogP contribution is -2.37. The van der Waals surface area contributed by atoms with Crippen LogP contribution in [0.15, 0.2) is 66.7 Å². The monoisotopic (exact) mass is 520 g/mol. The van der Waals surface area contributed by atoms with Crippen LogP contribution >= 0.6 is 24.8 Å². The highest BCUT2D eigenvalue weighted by atomic mass is 35.5. The summed E-state index contributed by atoms with van der Waals surface area (Å²) in [5, 5.41) is 3.72. The average molecular weight is 521 g/mol. The van der Waals surface area contributed by atoms with Crippen LogP contribution < -0.4 is 16.8 Å². The molecule has 0 radical (unpaired) electrons. The Morgan fingerprint density at radius 2 is 1.46 bits per heavy atom. The minimum atomic E-state index is -0.353. The topological polar surface area (TPSA) is 96.9 Å². The average Bonchev–Trinajstić information content (AvgIpc) is 3.21. The number of carbonyl (C=O) groups excluding carboxylic acids is 1. The van der Waals surface area contributed by atoms with Gasteiger partial charge in [-0.05, 0) is 66.4 Å². The number of hydrogen-bond acceptors (Lipinski definition) is 3.